The number of nitrogens with one attached hydrogen (secondary N) is 1. The van der Waals surface area contributed by atoms with Crippen molar-refractivity contribution in [2.24, 2.45) is 10.9 Å². The van der Waals surface area contributed by atoms with Gasteiger partial charge in [0.2, 0.25) is 0 Å². The minimum absolute atomic E-state index is 0.609. The van der Waals surface area contributed by atoms with E-state index in [1.165, 1.54) is 6.42 Å². The second-order valence-electron chi connectivity index (χ2n) is 2.85. The summed E-state index contributed by atoms with van der Waals surface area (Å²) < 4.78 is 0. The lowest BCUT2D eigenvalue weighted by molar-refractivity contribution is 0.594. The Morgan fingerprint density at radius 3 is 3.00 bits per heavy atom. The van der Waals surface area contributed by atoms with Crippen LogP contribution in [-0.4, -0.2) is 25.8 Å². The van der Waals surface area contributed by atoms with E-state index in [1.807, 2.05) is 0 Å². The van der Waals surface area contributed by atoms with E-state index in [4.69, 9.17) is 0 Å². The molecule has 1 rings (SSSR count). The van der Waals surface area contributed by atoms with E-state index in [-0.39, 0.29) is 0 Å². The molecule has 0 aromatic heterocycles. The van der Waals surface area contributed by atoms with Gasteiger partial charge in [-0.05, 0) is 25.6 Å². The molecule has 0 aliphatic carbocycles. The summed E-state index contributed by atoms with van der Waals surface area (Å²) in [5.41, 5.74) is 0. The summed E-state index contributed by atoms with van der Waals surface area (Å²) in [6, 6.07) is 0.609. The fourth-order valence-electron chi connectivity index (χ4n) is 1.32. The van der Waals surface area contributed by atoms with Crippen molar-refractivity contribution in [1.82, 2.24) is 5.32 Å². The van der Waals surface area contributed by atoms with Crippen molar-refractivity contribution < 1.29 is 0 Å². The van der Waals surface area contributed by atoms with Crippen LogP contribution in [0.2, 0.25) is 0 Å². The Bertz CT molecular complexity index is 101. The largest absolute Gasteiger partial charge is 0.312 e. The second-order valence-corrected chi connectivity index (χ2v) is 2.85. The Hall–Kier alpha value is -0.370. The van der Waals surface area contributed by atoms with Crippen LogP contribution in [0.15, 0.2) is 4.99 Å². The molecule has 0 bridgehead atoms. The van der Waals surface area contributed by atoms with Gasteiger partial charge in [0.1, 0.15) is 0 Å². The molecule has 0 radical (unpaired) electrons. The molecular weight excluding hydrogens is 112 g/mol. The van der Waals surface area contributed by atoms with Crippen LogP contribution >= 0.6 is 0 Å². The topological polar surface area (TPSA) is 24.4 Å². The molecule has 2 unspecified atom stereocenters. The lowest BCUT2D eigenvalue weighted by Crippen LogP contribution is -2.23. The van der Waals surface area contributed by atoms with Crippen molar-refractivity contribution in [3.05, 3.63) is 0 Å². The lowest BCUT2D eigenvalue weighted by atomic mass is 10.1. The number of hydrogen-bond acceptors (Lipinski definition) is 2. The van der Waals surface area contributed by atoms with Gasteiger partial charge in [0.15, 0.2) is 0 Å². The number of aliphatic imine (C=N–C) groups is 1. The molecule has 0 amide bonds. The maximum atomic E-state index is 3.84. The van der Waals surface area contributed by atoms with Crippen molar-refractivity contribution in [1.29, 1.82) is 0 Å². The minimum atomic E-state index is 0.609. The summed E-state index contributed by atoms with van der Waals surface area (Å²) in [7, 11) is 0. The molecule has 1 aliphatic rings. The Balaban J connectivity index is 2.21. The fraction of sp³-hybridized carbons (Fsp3) is 0.857. The summed E-state index contributed by atoms with van der Waals surface area (Å²) in [4.78, 5) is 3.84. The highest BCUT2D eigenvalue weighted by molar-refractivity contribution is 5.23. The van der Waals surface area contributed by atoms with Crippen LogP contribution in [0.3, 0.4) is 0 Å². The Morgan fingerprint density at radius 1 is 1.78 bits per heavy atom. The van der Waals surface area contributed by atoms with Crippen molar-refractivity contribution >= 4 is 6.72 Å². The first-order valence-electron chi connectivity index (χ1n) is 3.49. The van der Waals surface area contributed by atoms with Crippen molar-refractivity contribution in [2.75, 3.05) is 13.1 Å². The van der Waals surface area contributed by atoms with Gasteiger partial charge < -0.3 is 5.32 Å². The molecule has 0 aromatic carbocycles. The minimum Gasteiger partial charge on any atom is -0.312 e. The Kier molecular flexibility index (Phi) is 2.22. The maximum absolute atomic E-state index is 3.84. The van der Waals surface area contributed by atoms with Gasteiger partial charge in [-0.3, -0.25) is 4.99 Å². The first kappa shape index (κ1) is 6.75. The van der Waals surface area contributed by atoms with Gasteiger partial charge in [0, 0.05) is 6.04 Å². The van der Waals surface area contributed by atoms with Gasteiger partial charge in [0.05, 0.1) is 6.54 Å². The van der Waals surface area contributed by atoms with Crippen LogP contribution in [0, 0.1) is 5.92 Å². The summed E-state index contributed by atoms with van der Waals surface area (Å²) in [6.45, 7) is 7.75. The van der Waals surface area contributed by atoms with Crippen molar-refractivity contribution in [3.63, 3.8) is 0 Å². The zero-order valence-electron chi connectivity index (χ0n) is 5.93. The number of rotatable bonds is 2. The van der Waals surface area contributed by atoms with Crippen LogP contribution in [0.1, 0.15) is 13.3 Å². The summed E-state index contributed by atoms with van der Waals surface area (Å²) in [6.07, 6.45) is 1.26. The first-order chi connectivity index (χ1) is 4.33. The van der Waals surface area contributed by atoms with Gasteiger partial charge >= 0.3 is 0 Å². The van der Waals surface area contributed by atoms with Gasteiger partial charge in [-0.15, -0.1) is 0 Å². The maximum Gasteiger partial charge on any atom is 0.0535 e. The molecule has 1 aliphatic heterocycles. The lowest BCUT2D eigenvalue weighted by Gasteiger charge is -2.03. The van der Waals surface area contributed by atoms with Crippen LogP contribution in [0.25, 0.3) is 0 Å². The molecule has 0 aromatic rings. The second kappa shape index (κ2) is 2.97. The predicted molar refractivity (Wildman–Crippen MR) is 40.0 cm³/mol. The van der Waals surface area contributed by atoms with E-state index in [2.05, 4.69) is 24.0 Å². The van der Waals surface area contributed by atoms with E-state index in [0.29, 0.717) is 6.04 Å². The molecule has 1 heterocycles. The molecule has 9 heavy (non-hydrogen) atoms. The van der Waals surface area contributed by atoms with Crippen LogP contribution < -0.4 is 5.32 Å². The molecule has 0 saturated carbocycles. The van der Waals surface area contributed by atoms with E-state index in [0.717, 1.165) is 19.0 Å². The molecule has 52 valence electrons. The first-order valence-corrected chi connectivity index (χ1v) is 3.49. The summed E-state index contributed by atoms with van der Waals surface area (Å²) in [5.74, 6) is 0.830. The Labute approximate surface area is 56.4 Å². The molecule has 1 saturated heterocycles. The fourth-order valence-corrected chi connectivity index (χ4v) is 1.32. The van der Waals surface area contributed by atoms with Crippen molar-refractivity contribution in [3.8, 4) is 0 Å². The predicted octanol–water partition coefficient (Wildman–Crippen LogP) is 0.685. The van der Waals surface area contributed by atoms with E-state index < -0.39 is 0 Å². The average molecular weight is 126 g/mol. The van der Waals surface area contributed by atoms with E-state index >= 15 is 0 Å². The highest BCUT2D eigenvalue weighted by Crippen LogP contribution is 2.12. The molecule has 1 N–H and O–H groups in total. The quantitative estimate of drug-likeness (QED) is 0.541. The summed E-state index contributed by atoms with van der Waals surface area (Å²) in [5, 5.41) is 3.37. The van der Waals surface area contributed by atoms with E-state index in [1.54, 1.807) is 0 Å². The van der Waals surface area contributed by atoms with Crippen LogP contribution in [-0.2, 0) is 0 Å². The normalized spacial score (nSPS) is 34.8. The summed E-state index contributed by atoms with van der Waals surface area (Å²) >= 11 is 0. The highest BCUT2D eigenvalue weighted by atomic mass is 15.0. The van der Waals surface area contributed by atoms with Gasteiger partial charge in [-0.25, -0.2) is 0 Å². The molecule has 2 nitrogen and oxygen atoms in total. The van der Waals surface area contributed by atoms with E-state index in [9.17, 15) is 0 Å². The third-order valence-corrected chi connectivity index (χ3v) is 1.79. The third-order valence-electron chi connectivity index (χ3n) is 1.79. The SMILES string of the molecule is C=NCC1CC(C)CN1. The standard InChI is InChI=1S/C7H14N2/c1-6-3-7(5-8-2)9-4-6/h6-7,9H,2-5H2,1H3. The number of nitrogens with zero attached hydrogens (tertiary/aromatic N) is 1. The third kappa shape index (κ3) is 1.79. The average Bonchev–Trinajstić information content (AvgIpc) is 2.17. The number of hydrogen-bond donors (Lipinski definition) is 1. The van der Waals surface area contributed by atoms with Crippen LogP contribution in [0.5, 0.6) is 0 Å². The Morgan fingerprint density at radius 2 is 2.56 bits per heavy atom. The zero-order chi connectivity index (χ0) is 6.69. The smallest absolute Gasteiger partial charge is 0.0535 e. The molecule has 0 spiro atoms. The molecule has 2 atom stereocenters. The molecular formula is C7H14N2. The van der Waals surface area contributed by atoms with Gasteiger partial charge in [-0.1, -0.05) is 6.92 Å². The molecule has 2 heteroatoms. The zero-order valence-corrected chi connectivity index (χ0v) is 5.93. The van der Waals surface area contributed by atoms with Gasteiger partial charge in [-0.2, -0.15) is 0 Å². The van der Waals surface area contributed by atoms with Gasteiger partial charge in [0.25, 0.3) is 0 Å². The van der Waals surface area contributed by atoms with Crippen molar-refractivity contribution in [2.45, 2.75) is 19.4 Å². The van der Waals surface area contributed by atoms with Crippen LogP contribution in [0.4, 0.5) is 0 Å². The molecule has 1 fully saturated rings. The highest BCUT2D eigenvalue weighted by Gasteiger charge is 2.18. The monoisotopic (exact) mass is 126 g/mol.